The largest absolute Gasteiger partial charge is 0.481 e. The van der Waals surface area contributed by atoms with E-state index in [1.807, 2.05) is 0 Å². The van der Waals surface area contributed by atoms with E-state index in [1.54, 1.807) is 0 Å². The van der Waals surface area contributed by atoms with E-state index in [9.17, 15) is 9.90 Å². The first kappa shape index (κ1) is 24.4. The first-order valence-corrected chi connectivity index (χ1v) is 13.6. The molecule has 2 N–H and O–H groups in total. The molecule has 1 rings (SSSR count). The van der Waals surface area contributed by atoms with Crippen LogP contribution < -0.4 is 0 Å². The number of aliphatic hydroxyl groups is 1. The Hall–Kier alpha value is -0.653. The molecule has 4 nitrogen and oxygen atoms in total. The highest BCUT2D eigenvalue weighted by Crippen LogP contribution is 2.39. The highest BCUT2D eigenvalue weighted by Gasteiger charge is 2.39. The maximum absolute atomic E-state index is 11.0. The zero-order valence-electron chi connectivity index (χ0n) is 18.4. The molecule has 5 heteroatoms. The van der Waals surface area contributed by atoms with Gasteiger partial charge in [0.15, 0.2) is 8.32 Å². The van der Waals surface area contributed by atoms with Crippen LogP contribution >= 0.6 is 0 Å². The molecule has 27 heavy (non-hydrogen) atoms. The minimum Gasteiger partial charge on any atom is -0.481 e. The van der Waals surface area contributed by atoms with E-state index >= 15 is 0 Å². The molecular weight excluding hydrogens is 356 g/mol. The minimum atomic E-state index is -1.84. The van der Waals surface area contributed by atoms with Crippen LogP contribution in [0.2, 0.25) is 18.1 Å². The van der Waals surface area contributed by atoms with Gasteiger partial charge in [0.05, 0.1) is 18.1 Å². The Labute approximate surface area is 167 Å². The molecule has 1 fully saturated rings. The van der Waals surface area contributed by atoms with Crippen molar-refractivity contribution >= 4 is 14.3 Å². The average Bonchev–Trinajstić information content (AvgIpc) is 2.50. The molecule has 0 spiro atoms. The maximum Gasteiger partial charge on any atom is 0.306 e. The Morgan fingerprint density at radius 2 is 2.00 bits per heavy atom. The summed E-state index contributed by atoms with van der Waals surface area (Å²) in [5.41, 5.74) is -1.06. The summed E-state index contributed by atoms with van der Waals surface area (Å²) in [5.74, 6) is -0.680. The number of aliphatic carboxylic acids is 1. The normalized spacial score (nSPS) is 25.7. The summed E-state index contributed by atoms with van der Waals surface area (Å²) in [7, 11) is -1.84. The second kappa shape index (κ2) is 10.2. The van der Waals surface area contributed by atoms with E-state index in [2.05, 4.69) is 52.9 Å². The highest BCUT2D eigenvalue weighted by molar-refractivity contribution is 6.74. The van der Waals surface area contributed by atoms with E-state index in [-0.39, 0.29) is 23.5 Å². The van der Waals surface area contributed by atoms with Crippen molar-refractivity contribution in [3.63, 3.8) is 0 Å². The van der Waals surface area contributed by atoms with Crippen molar-refractivity contribution in [2.45, 2.75) is 115 Å². The van der Waals surface area contributed by atoms with Gasteiger partial charge in [-0.2, -0.15) is 0 Å². The van der Waals surface area contributed by atoms with Crippen LogP contribution in [-0.2, 0) is 9.22 Å². The molecule has 0 saturated heterocycles. The van der Waals surface area contributed by atoms with Crippen LogP contribution in [0.4, 0.5) is 0 Å². The lowest BCUT2D eigenvalue weighted by Crippen LogP contribution is -2.43. The van der Waals surface area contributed by atoms with Crippen LogP contribution in [0.3, 0.4) is 0 Å². The summed E-state index contributed by atoms with van der Waals surface area (Å²) in [6.07, 6.45) is 12.0. The fraction of sp³-hybridized carbons (Fsp3) is 0.864. The standard InChI is InChI=1S/C22H42O4Si/c1-7-8-9-12-19(26-27(5,6)21(2,3)4)14-13-18-11-10-15-22(25,16-18)17-20(23)24/h13-14,18-19,25H,7-12,15-17H2,1-6H3,(H,23,24). The topological polar surface area (TPSA) is 66.8 Å². The van der Waals surface area contributed by atoms with Crippen molar-refractivity contribution in [2.75, 3.05) is 0 Å². The van der Waals surface area contributed by atoms with Crippen molar-refractivity contribution in [1.82, 2.24) is 0 Å². The third-order valence-corrected chi connectivity index (χ3v) is 10.8. The van der Waals surface area contributed by atoms with Crippen molar-refractivity contribution < 1.29 is 19.4 Å². The zero-order valence-corrected chi connectivity index (χ0v) is 19.4. The van der Waals surface area contributed by atoms with Crippen molar-refractivity contribution in [2.24, 2.45) is 5.92 Å². The predicted molar refractivity (Wildman–Crippen MR) is 115 cm³/mol. The van der Waals surface area contributed by atoms with Gasteiger partial charge in [-0.3, -0.25) is 4.79 Å². The lowest BCUT2D eigenvalue weighted by molar-refractivity contribution is -0.144. The van der Waals surface area contributed by atoms with E-state index in [1.165, 1.54) is 12.8 Å². The summed E-state index contributed by atoms with van der Waals surface area (Å²) in [5, 5.41) is 19.8. The molecule has 3 atom stereocenters. The molecule has 0 amide bonds. The summed E-state index contributed by atoms with van der Waals surface area (Å²) in [4.78, 5) is 11.0. The maximum atomic E-state index is 11.0. The number of carboxylic acid groups (broad SMARTS) is 1. The predicted octanol–water partition coefficient (Wildman–Crippen LogP) is 5.91. The van der Waals surface area contributed by atoms with Crippen molar-refractivity contribution in [3.8, 4) is 0 Å². The monoisotopic (exact) mass is 398 g/mol. The Balaban J connectivity index is 2.79. The van der Waals surface area contributed by atoms with Gasteiger partial charge in [-0.05, 0) is 56.2 Å². The minimum absolute atomic E-state index is 0.118. The second-order valence-electron chi connectivity index (χ2n) is 9.95. The third kappa shape index (κ3) is 8.49. The number of unbranched alkanes of at least 4 members (excludes halogenated alkanes) is 2. The summed E-state index contributed by atoms with van der Waals surface area (Å²) in [6.45, 7) is 13.6. The van der Waals surface area contributed by atoms with Crippen molar-refractivity contribution in [3.05, 3.63) is 12.2 Å². The first-order chi connectivity index (χ1) is 12.4. The lowest BCUT2D eigenvalue weighted by Gasteiger charge is -2.39. The summed E-state index contributed by atoms with van der Waals surface area (Å²) < 4.78 is 6.65. The van der Waals surface area contributed by atoms with Gasteiger partial charge in [-0.15, -0.1) is 0 Å². The molecule has 0 aromatic carbocycles. The SMILES string of the molecule is CCCCCC(C=CC1CCCC(O)(CC(=O)O)C1)O[Si](C)(C)C(C)(C)C. The molecule has 0 bridgehead atoms. The van der Waals surface area contributed by atoms with Gasteiger partial charge in [0.2, 0.25) is 0 Å². The van der Waals surface area contributed by atoms with E-state index < -0.39 is 19.9 Å². The lowest BCUT2D eigenvalue weighted by atomic mass is 9.76. The van der Waals surface area contributed by atoms with Crippen molar-refractivity contribution in [1.29, 1.82) is 0 Å². The van der Waals surface area contributed by atoms with E-state index in [4.69, 9.17) is 9.53 Å². The van der Waals surface area contributed by atoms with Crippen LogP contribution in [0.5, 0.6) is 0 Å². The van der Waals surface area contributed by atoms with Crippen LogP contribution in [0.15, 0.2) is 12.2 Å². The number of carboxylic acids is 1. The van der Waals surface area contributed by atoms with E-state index in [0.717, 1.165) is 25.7 Å². The van der Waals surface area contributed by atoms with Gasteiger partial charge in [0, 0.05) is 0 Å². The number of allylic oxidation sites excluding steroid dienone is 1. The Bertz CT molecular complexity index is 495. The smallest absolute Gasteiger partial charge is 0.306 e. The van der Waals surface area contributed by atoms with Gasteiger partial charge < -0.3 is 14.6 Å². The fourth-order valence-electron chi connectivity index (χ4n) is 3.62. The average molecular weight is 399 g/mol. The molecule has 158 valence electrons. The second-order valence-corrected chi connectivity index (χ2v) is 14.7. The van der Waals surface area contributed by atoms with Crippen LogP contribution in [-0.4, -0.2) is 36.2 Å². The summed E-state index contributed by atoms with van der Waals surface area (Å²) >= 11 is 0. The van der Waals surface area contributed by atoms with Gasteiger partial charge >= 0.3 is 5.97 Å². The molecule has 0 aromatic heterocycles. The molecule has 0 heterocycles. The molecule has 1 saturated carbocycles. The molecular formula is C22H42O4Si. The molecule has 1 aliphatic rings. The summed E-state index contributed by atoms with van der Waals surface area (Å²) in [6, 6.07) is 0. The molecule has 0 aromatic rings. The quantitative estimate of drug-likeness (QED) is 0.273. The number of hydrogen-bond donors (Lipinski definition) is 2. The zero-order chi connectivity index (χ0) is 20.7. The molecule has 3 unspecified atom stereocenters. The van der Waals surface area contributed by atoms with Gasteiger partial charge in [-0.1, -0.05) is 59.1 Å². The fourth-order valence-corrected chi connectivity index (χ4v) is 4.92. The van der Waals surface area contributed by atoms with Gasteiger partial charge in [-0.25, -0.2) is 0 Å². The number of hydrogen-bond acceptors (Lipinski definition) is 3. The first-order valence-electron chi connectivity index (χ1n) is 10.7. The van der Waals surface area contributed by atoms with Crippen LogP contribution in [0.25, 0.3) is 0 Å². The van der Waals surface area contributed by atoms with Crippen LogP contribution in [0, 0.1) is 5.92 Å². The highest BCUT2D eigenvalue weighted by atomic mass is 28.4. The number of carbonyl (C=O) groups is 1. The third-order valence-electron chi connectivity index (χ3n) is 6.28. The molecule has 0 aliphatic heterocycles. The molecule has 0 radical (unpaired) electrons. The van der Waals surface area contributed by atoms with E-state index in [0.29, 0.717) is 12.8 Å². The Morgan fingerprint density at radius 1 is 1.33 bits per heavy atom. The Morgan fingerprint density at radius 3 is 2.56 bits per heavy atom. The van der Waals surface area contributed by atoms with Gasteiger partial charge in [0.1, 0.15) is 0 Å². The van der Waals surface area contributed by atoms with Crippen LogP contribution in [0.1, 0.15) is 85.5 Å². The number of rotatable bonds is 10. The van der Waals surface area contributed by atoms with Gasteiger partial charge in [0.25, 0.3) is 0 Å². The Kier molecular flexibility index (Phi) is 9.23. The molecule has 1 aliphatic carbocycles.